The number of aliphatic hydroxyl groups excluding tert-OH is 1. The predicted molar refractivity (Wildman–Crippen MR) is 221 cm³/mol. The molecule has 10 nitrogen and oxygen atoms in total. The summed E-state index contributed by atoms with van der Waals surface area (Å²) < 4.78 is 6.27. The number of aromatic hydroxyl groups is 1. The van der Waals surface area contributed by atoms with Crippen LogP contribution in [0.5, 0.6) is 11.5 Å². The van der Waals surface area contributed by atoms with Crippen LogP contribution in [0.2, 0.25) is 0 Å². The third-order valence-electron chi connectivity index (χ3n) is 11.1. The van der Waals surface area contributed by atoms with Gasteiger partial charge < -0.3 is 35.7 Å². The summed E-state index contributed by atoms with van der Waals surface area (Å²) in [6.45, 7) is 4.46. The van der Waals surface area contributed by atoms with Crippen molar-refractivity contribution in [2.24, 2.45) is 5.92 Å². The van der Waals surface area contributed by atoms with Gasteiger partial charge in [0.2, 0.25) is 5.56 Å². The summed E-state index contributed by atoms with van der Waals surface area (Å²) in [5.41, 5.74) is 2.93. The predicted octanol–water partition coefficient (Wildman–Crippen LogP) is 8.09. The molecule has 1 aromatic heterocycles. The summed E-state index contributed by atoms with van der Waals surface area (Å²) in [4.78, 5) is 29.3. The van der Waals surface area contributed by atoms with Crippen LogP contribution in [0.3, 0.4) is 0 Å². The molecule has 0 radical (unpaired) electrons. The maximum atomic E-state index is 12.5. The van der Waals surface area contributed by atoms with Gasteiger partial charge in [-0.1, -0.05) is 111 Å². The number of aliphatic hydroxyl groups is 1. The van der Waals surface area contributed by atoms with Crippen molar-refractivity contribution >= 4 is 17.0 Å². The van der Waals surface area contributed by atoms with Gasteiger partial charge in [-0.05, 0) is 97.8 Å². The molecule has 10 heteroatoms. The number of hydrogen-bond acceptors (Lipinski definition) is 7. The molecule has 296 valence electrons. The summed E-state index contributed by atoms with van der Waals surface area (Å²) in [7, 11) is 0. The monoisotopic (exact) mass is 760 g/mol. The smallest absolute Gasteiger partial charge is 0.405 e. The molecular formula is C46H56N4O6. The van der Waals surface area contributed by atoms with E-state index in [-0.39, 0.29) is 17.2 Å². The summed E-state index contributed by atoms with van der Waals surface area (Å²) in [5, 5.41) is 38.1. The van der Waals surface area contributed by atoms with E-state index in [1.807, 2.05) is 60.7 Å². The van der Waals surface area contributed by atoms with Crippen LogP contribution < -0.4 is 20.9 Å². The number of amides is 1. The number of piperidine rings is 1. The number of hydrogen-bond donors (Lipinski definition) is 6. The minimum absolute atomic E-state index is 0.0151. The highest BCUT2D eigenvalue weighted by molar-refractivity contribution is 5.87. The van der Waals surface area contributed by atoms with E-state index in [1.165, 1.54) is 17.7 Å². The van der Waals surface area contributed by atoms with Crippen LogP contribution in [0.25, 0.3) is 10.9 Å². The maximum absolute atomic E-state index is 12.5. The number of benzene rings is 4. The van der Waals surface area contributed by atoms with Crippen LogP contribution >= 0.6 is 0 Å². The van der Waals surface area contributed by atoms with Crippen molar-refractivity contribution in [2.75, 3.05) is 32.8 Å². The summed E-state index contributed by atoms with van der Waals surface area (Å²) >= 11 is 0. The number of fused-ring (bicyclic) bond motifs is 1. The Morgan fingerprint density at radius 3 is 2.23 bits per heavy atom. The number of ether oxygens (including phenoxy) is 1. The zero-order valence-electron chi connectivity index (χ0n) is 32.2. The van der Waals surface area contributed by atoms with Crippen molar-refractivity contribution in [1.82, 2.24) is 20.5 Å². The molecule has 2 unspecified atom stereocenters. The van der Waals surface area contributed by atoms with Gasteiger partial charge in [0.25, 0.3) is 0 Å². The second-order valence-corrected chi connectivity index (χ2v) is 15.0. The fourth-order valence-electron chi connectivity index (χ4n) is 8.28. The standard InChI is InChI=1S/C46H56N4O6/c51-41-23-21-39(40-22-24-43(53)48-44(40)41)42(52)32-47-27-12-4-2-1-3-5-13-30-56-38-20-14-19-37(31-38)46(49-45(54)55,35-17-10-7-11-18-35)36-25-28-50(29-26-36)33-34-15-8-6-9-16-34/h6-11,14-24,31,36,42,47,49,51-52H,1-5,12-13,25-30,32-33H2,(H,48,53)(H,54,55). The lowest BCUT2D eigenvalue weighted by molar-refractivity contribution is 0.113. The van der Waals surface area contributed by atoms with Crippen molar-refractivity contribution in [3.05, 3.63) is 142 Å². The number of aromatic amines is 1. The first kappa shape index (κ1) is 40.5. The molecule has 1 fully saturated rings. The van der Waals surface area contributed by atoms with Gasteiger partial charge in [-0.15, -0.1) is 0 Å². The lowest BCUT2D eigenvalue weighted by Gasteiger charge is -2.45. The number of carboxylic acid groups (broad SMARTS) is 1. The van der Waals surface area contributed by atoms with Gasteiger partial charge in [0.1, 0.15) is 11.5 Å². The highest BCUT2D eigenvalue weighted by Gasteiger charge is 2.45. The number of phenolic OH excluding ortho intramolecular Hbond substituents is 1. The van der Waals surface area contributed by atoms with E-state index in [2.05, 4.69) is 44.8 Å². The third kappa shape index (κ3) is 10.6. The zero-order chi connectivity index (χ0) is 39.2. The number of carbonyl (C=O) groups is 1. The molecule has 1 aliphatic rings. The SMILES string of the molecule is O=C(O)NC(c1ccccc1)(c1cccc(OCCCCCCCCCNCC(O)c2ccc(O)c3[nH]c(=O)ccc23)c1)C1CCN(Cc2ccccc2)CC1. The number of unbranched alkanes of at least 4 members (excludes halogenated alkanes) is 6. The first-order chi connectivity index (χ1) is 27.3. The molecule has 2 heterocycles. The lowest BCUT2D eigenvalue weighted by Crippen LogP contribution is -2.54. The summed E-state index contributed by atoms with van der Waals surface area (Å²) in [5.74, 6) is 0.798. The largest absolute Gasteiger partial charge is 0.506 e. The van der Waals surface area contributed by atoms with Crippen LogP contribution in [0.1, 0.15) is 86.1 Å². The van der Waals surface area contributed by atoms with E-state index in [1.54, 1.807) is 12.1 Å². The Labute approximate surface area is 329 Å². The van der Waals surface area contributed by atoms with Gasteiger partial charge in [-0.2, -0.15) is 0 Å². The molecule has 1 amide bonds. The molecule has 6 N–H and O–H groups in total. The van der Waals surface area contributed by atoms with Gasteiger partial charge in [-0.3, -0.25) is 9.69 Å². The molecule has 5 aromatic rings. The number of likely N-dealkylation sites (tertiary alicyclic amines) is 1. The van der Waals surface area contributed by atoms with Gasteiger partial charge in [0.05, 0.1) is 23.8 Å². The van der Waals surface area contributed by atoms with Crippen LogP contribution in [0.4, 0.5) is 4.79 Å². The van der Waals surface area contributed by atoms with Gasteiger partial charge >= 0.3 is 6.09 Å². The topological polar surface area (TPSA) is 147 Å². The van der Waals surface area contributed by atoms with Crippen molar-refractivity contribution in [3.8, 4) is 11.5 Å². The third-order valence-corrected chi connectivity index (χ3v) is 11.1. The maximum Gasteiger partial charge on any atom is 0.405 e. The van der Waals surface area contributed by atoms with E-state index in [4.69, 9.17) is 4.74 Å². The van der Waals surface area contributed by atoms with E-state index in [0.717, 1.165) is 101 Å². The number of pyridine rings is 1. The minimum atomic E-state index is -1.04. The quantitative estimate of drug-likeness (QED) is 0.0437. The van der Waals surface area contributed by atoms with Crippen LogP contribution in [-0.2, 0) is 12.1 Å². The molecule has 1 saturated heterocycles. The second kappa shape index (κ2) is 20.1. The van der Waals surface area contributed by atoms with Gasteiger partial charge in [0, 0.05) is 24.5 Å². The Morgan fingerprint density at radius 2 is 1.50 bits per heavy atom. The molecule has 6 rings (SSSR count). The number of phenols is 1. The van der Waals surface area contributed by atoms with Crippen molar-refractivity contribution < 1.29 is 24.9 Å². The molecule has 0 bridgehead atoms. The van der Waals surface area contributed by atoms with Crippen molar-refractivity contribution in [3.63, 3.8) is 0 Å². The Morgan fingerprint density at radius 1 is 0.821 bits per heavy atom. The van der Waals surface area contributed by atoms with Crippen LogP contribution in [0.15, 0.2) is 114 Å². The Hall–Kier alpha value is -5.16. The molecule has 0 aliphatic carbocycles. The Bertz CT molecular complexity index is 2030. The molecule has 56 heavy (non-hydrogen) atoms. The lowest BCUT2D eigenvalue weighted by atomic mass is 9.69. The number of aromatic nitrogens is 1. The fourth-order valence-corrected chi connectivity index (χ4v) is 8.28. The van der Waals surface area contributed by atoms with E-state index in [0.29, 0.717) is 29.6 Å². The molecular weight excluding hydrogens is 705 g/mol. The van der Waals surface area contributed by atoms with E-state index < -0.39 is 17.7 Å². The Balaban J connectivity index is 0.935. The number of rotatable bonds is 20. The first-order valence-electron chi connectivity index (χ1n) is 20.1. The van der Waals surface area contributed by atoms with Gasteiger partial charge in [0.15, 0.2) is 0 Å². The average molecular weight is 761 g/mol. The first-order valence-corrected chi connectivity index (χ1v) is 20.1. The zero-order valence-corrected chi connectivity index (χ0v) is 32.2. The fraction of sp³-hybridized carbons (Fsp3) is 0.391. The van der Waals surface area contributed by atoms with Crippen LogP contribution in [0, 0.1) is 5.92 Å². The average Bonchev–Trinajstić information content (AvgIpc) is 3.21. The number of nitrogens with zero attached hydrogens (tertiary/aromatic N) is 1. The number of H-pyrrole nitrogens is 1. The highest BCUT2D eigenvalue weighted by Crippen LogP contribution is 2.43. The van der Waals surface area contributed by atoms with Crippen LogP contribution in [-0.4, -0.2) is 64.1 Å². The highest BCUT2D eigenvalue weighted by atomic mass is 16.5. The molecule has 0 spiro atoms. The normalized spacial score (nSPS) is 15.3. The van der Waals surface area contributed by atoms with Crippen molar-refractivity contribution in [2.45, 2.75) is 76.0 Å². The molecule has 1 aliphatic heterocycles. The van der Waals surface area contributed by atoms with E-state index >= 15 is 0 Å². The van der Waals surface area contributed by atoms with Gasteiger partial charge in [-0.25, -0.2) is 4.79 Å². The molecule has 2 atom stereocenters. The second-order valence-electron chi connectivity index (χ2n) is 15.0. The Kier molecular flexibility index (Phi) is 14.6. The summed E-state index contributed by atoms with van der Waals surface area (Å²) in [6, 6.07) is 34.7. The minimum Gasteiger partial charge on any atom is -0.506 e. The molecule has 0 saturated carbocycles. The number of nitrogens with one attached hydrogen (secondary N) is 3. The van der Waals surface area contributed by atoms with Crippen molar-refractivity contribution in [1.29, 1.82) is 0 Å². The molecule has 4 aromatic carbocycles. The van der Waals surface area contributed by atoms with E-state index in [9.17, 15) is 24.9 Å². The summed E-state index contributed by atoms with van der Waals surface area (Å²) in [6.07, 6.45) is 7.50.